The number of nitrogens with zero attached hydrogens (tertiary/aromatic N) is 1. The summed E-state index contributed by atoms with van der Waals surface area (Å²) in [6, 6.07) is 9.23. The maximum Gasteiger partial charge on any atom is 0.293 e. The van der Waals surface area contributed by atoms with Gasteiger partial charge < -0.3 is 14.6 Å². The molecule has 1 aromatic carbocycles. The molecule has 2 aromatic rings. The number of hydrogen-bond donors (Lipinski definition) is 1. The van der Waals surface area contributed by atoms with Gasteiger partial charge >= 0.3 is 0 Å². The minimum Gasteiger partial charge on any atom is -0.459 e. The Balaban J connectivity index is 1.52. The fourth-order valence-electron chi connectivity index (χ4n) is 3.81. The highest BCUT2D eigenvalue weighted by Crippen LogP contribution is 2.33. The van der Waals surface area contributed by atoms with Crippen LogP contribution in [0.15, 0.2) is 41.0 Å². The molecular formula is C20H22N2O3. The zero-order valence-corrected chi connectivity index (χ0v) is 14.2. The molecule has 0 saturated heterocycles. The summed E-state index contributed by atoms with van der Waals surface area (Å²) in [5.74, 6) is 0.411. The number of benzene rings is 1. The lowest BCUT2D eigenvalue weighted by Crippen LogP contribution is -2.28. The summed E-state index contributed by atoms with van der Waals surface area (Å²) in [5, 5.41) is 3.04. The van der Waals surface area contributed by atoms with Crippen LogP contribution < -0.4 is 10.2 Å². The van der Waals surface area contributed by atoms with Crippen molar-refractivity contribution in [3.8, 4) is 0 Å². The molecule has 130 valence electrons. The highest BCUT2D eigenvalue weighted by atomic mass is 16.3. The van der Waals surface area contributed by atoms with E-state index in [2.05, 4.69) is 5.32 Å². The van der Waals surface area contributed by atoms with E-state index in [1.807, 2.05) is 18.2 Å². The van der Waals surface area contributed by atoms with Crippen molar-refractivity contribution in [2.75, 3.05) is 16.8 Å². The zero-order valence-electron chi connectivity index (χ0n) is 14.2. The second-order valence-electron chi connectivity index (χ2n) is 6.85. The zero-order chi connectivity index (χ0) is 17.2. The molecule has 0 radical (unpaired) electrons. The van der Waals surface area contributed by atoms with E-state index in [1.165, 1.54) is 12.7 Å². The third-order valence-electron chi connectivity index (χ3n) is 5.20. The molecule has 1 fully saturated rings. The molecule has 2 heterocycles. The standard InChI is InChI=1S/C20H22N2O3/c23-19(15-5-2-1-3-6-15)21-16-9-8-14-10-11-22(17(14)13-16)20(24)18-7-4-12-25-18/h4,7-9,12-13,15H,1-3,5-6,10-11H2,(H,21,23). The van der Waals surface area contributed by atoms with Gasteiger partial charge in [-0.05, 0) is 49.1 Å². The summed E-state index contributed by atoms with van der Waals surface area (Å²) in [4.78, 5) is 26.8. The third kappa shape index (κ3) is 3.18. The Labute approximate surface area is 147 Å². The number of hydrogen-bond acceptors (Lipinski definition) is 3. The molecule has 0 spiro atoms. The molecule has 0 bridgehead atoms. The van der Waals surface area contributed by atoms with Crippen LogP contribution in [0.5, 0.6) is 0 Å². The van der Waals surface area contributed by atoms with E-state index in [-0.39, 0.29) is 17.7 Å². The Morgan fingerprint density at radius 3 is 2.72 bits per heavy atom. The highest BCUT2D eigenvalue weighted by molar-refractivity contribution is 6.06. The van der Waals surface area contributed by atoms with Crippen molar-refractivity contribution in [1.29, 1.82) is 0 Å². The average Bonchev–Trinajstić information content (AvgIpc) is 3.31. The fraction of sp³-hybridized carbons (Fsp3) is 0.400. The molecule has 2 aliphatic rings. The predicted octanol–water partition coefficient (Wildman–Crippen LogP) is 4.00. The normalized spacial score (nSPS) is 17.4. The second kappa shape index (κ2) is 6.75. The quantitative estimate of drug-likeness (QED) is 0.920. The van der Waals surface area contributed by atoms with Crippen molar-refractivity contribution < 1.29 is 14.0 Å². The number of nitrogens with one attached hydrogen (secondary N) is 1. The van der Waals surface area contributed by atoms with Crippen LogP contribution in [0.4, 0.5) is 11.4 Å². The number of rotatable bonds is 3. The SMILES string of the molecule is O=C(Nc1ccc2c(c1)N(C(=O)c1ccco1)CC2)C1CCCCC1. The van der Waals surface area contributed by atoms with E-state index in [0.29, 0.717) is 12.3 Å². The van der Waals surface area contributed by atoms with Crippen molar-refractivity contribution >= 4 is 23.2 Å². The molecule has 1 saturated carbocycles. The van der Waals surface area contributed by atoms with Crippen molar-refractivity contribution in [3.05, 3.63) is 47.9 Å². The van der Waals surface area contributed by atoms with Gasteiger partial charge in [0.05, 0.1) is 6.26 Å². The first-order valence-electron chi connectivity index (χ1n) is 9.01. The summed E-state index contributed by atoms with van der Waals surface area (Å²) in [5.41, 5.74) is 2.74. The molecule has 5 heteroatoms. The lowest BCUT2D eigenvalue weighted by molar-refractivity contribution is -0.120. The lowest BCUT2D eigenvalue weighted by atomic mass is 9.88. The smallest absolute Gasteiger partial charge is 0.293 e. The minimum absolute atomic E-state index is 0.0987. The van der Waals surface area contributed by atoms with Crippen molar-refractivity contribution in [3.63, 3.8) is 0 Å². The van der Waals surface area contributed by atoms with Gasteiger partial charge in [0, 0.05) is 23.8 Å². The molecule has 5 nitrogen and oxygen atoms in total. The molecule has 4 rings (SSSR count). The topological polar surface area (TPSA) is 62.6 Å². The first-order chi connectivity index (χ1) is 12.2. The van der Waals surface area contributed by atoms with Gasteiger partial charge in [0.2, 0.25) is 5.91 Å². The van der Waals surface area contributed by atoms with Gasteiger partial charge in [-0.3, -0.25) is 9.59 Å². The van der Waals surface area contributed by atoms with Crippen LogP contribution in [0.3, 0.4) is 0 Å². The molecule has 25 heavy (non-hydrogen) atoms. The van der Waals surface area contributed by atoms with Crippen molar-refractivity contribution in [2.45, 2.75) is 38.5 Å². The van der Waals surface area contributed by atoms with Crippen molar-refractivity contribution in [1.82, 2.24) is 0 Å². The number of furan rings is 1. The molecule has 0 unspecified atom stereocenters. The summed E-state index contributed by atoms with van der Waals surface area (Å²) in [6.45, 7) is 0.634. The molecule has 1 N–H and O–H groups in total. The summed E-state index contributed by atoms with van der Waals surface area (Å²) < 4.78 is 5.24. The maximum atomic E-state index is 12.6. The van der Waals surface area contributed by atoms with Gasteiger partial charge in [0.25, 0.3) is 5.91 Å². The van der Waals surface area contributed by atoms with Crippen LogP contribution in [0, 0.1) is 5.92 Å². The monoisotopic (exact) mass is 338 g/mol. The number of carbonyl (C=O) groups is 2. The Hall–Kier alpha value is -2.56. The van der Waals surface area contributed by atoms with Gasteiger partial charge in [0.15, 0.2) is 5.76 Å². The first kappa shape index (κ1) is 15.9. The van der Waals surface area contributed by atoms with Crippen molar-refractivity contribution in [2.24, 2.45) is 5.92 Å². The van der Waals surface area contributed by atoms with Crippen LogP contribution in [0.25, 0.3) is 0 Å². The van der Waals surface area contributed by atoms with Crippen LogP contribution in [-0.4, -0.2) is 18.4 Å². The highest BCUT2D eigenvalue weighted by Gasteiger charge is 2.28. The van der Waals surface area contributed by atoms with E-state index >= 15 is 0 Å². The van der Waals surface area contributed by atoms with Crippen LogP contribution in [-0.2, 0) is 11.2 Å². The maximum absolute atomic E-state index is 12.6. The minimum atomic E-state index is -0.139. The number of carbonyl (C=O) groups excluding carboxylic acids is 2. The Kier molecular flexibility index (Phi) is 4.30. The lowest BCUT2D eigenvalue weighted by Gasteiger charge is -2.21. The van der Waals surface area contributed by atoms with E-state index < -0.39 is 0 Å². The third-order valence-corrected chi connectivity index (χ3v) is 5.20. The van der Waals surface area contributed by atoms with Gasteiger partial charge in [-0.15, -0.1) is 0 Å². The summed E-state index contributed by atoms with van der Waals surface area (Å²) >= 11 is 0. The number of anilines is 2. The van der Waals surface area contributed by atoms with E-state index in [9.17, 15) is 9.59 Å². The van der Waals surface area contributed by atoms with Gasteiger partial charge in [0.1, 0.15) is 0 Å². The van der Waals surface area contributed by atoms with Gasteiger partial charge in [-0.2, -0.15) is 0 Å². The Morgan fingerprint density at radius 2 is 1.96 bits per heavy atom. The molecular weight excluding hydrogens is 316 g/mol. The molecule has 1 aliphatic heterocycles. The van der Waals surface area contributed by atoms with Gasteiger partial charge in [-0.25, -0.2) is 0 Å². The van der Waals surface area contributed by atoms with Crippen LogP contribution in [0.2, 0.25) is 0 Å². The Bertz CT molecular complexity index is 776. The summed E-state index contributed by atoms with van der Waals surface area (Å²) in [7, 11) is 0. The number of amides is 2. The predicted molar refractivity (Wildman–Crippen MR) is 95.7 cm³/mol. The first-order valence-corrected chi connectivity index (χ1v) is 9.01. The fourth-order valence-corrected chi connectivity index (χ4v) is 3.81. The molecule has 0 atom stereocenters. The molecule has 1 aromatic heterocycles. The largest absolute Gasteiger partial charge is 0.459 e. The average molecular weight is 338 g/mol. The van der Waals surface area contributed by atoms with E-state index in [0.717, 1.165) is 49.0 Å². The van der Waals surface area contributed by atoms with E-state index in [4.69, 9.17) is 4.42 Å². The number of fused-ring (bicyclic) bond motifs is 1. The molecule has 1 aliphatic carbocycles. The van der Waals surface area contributed by atoms with Crippen LogP contribution >= 0.6 is 0 Å². The Morgan fingerprint density at radius 1 is 1.12 bits per heavy atom. The summed E-state index contributed by atoms with van der Waals surface area (Å²) in [6.07, 6.45) is 7.76. The van der Waals surface area contributed by atoms with Gasteiger partial charge in [-0.1, -0.05) is 25.3 Å². The second-order valence-corrected chi connectivity index (χ2v) is 6.85. The molecule has 2 amide bonds. The van der Waals surface area contributed by atoms with E-state index in [1.54, 1.807) is 17.0 Å². The van der Waals surface area contributed by atoms with Crippen LogP contribution in [0.1, 0.15) is 48.2 Å².